The van der Waals surface area contributed by atoms with Crippen LogP contribution in [0.5, 0.6) is 0 Å². The number of hydrogen-bond acceptors (Lipinski definition) is 5. The second-order valence-corrected chi connectivity index (χ2v) is 10.6. The van der Waals surface area contributed by atoms with Crippen molar-refractivity contribution in [2.75, 3.05) is 11.4 Å². The molecule has 2 aliphatic heterocycles. The number of likely N-dealkylation sites (tertiary alicyclic amines) is 1. The monoisotopic (exact) mass is 602 g/mol. The minimum absolute atomic E-state index is 0.0199. The number of amides is 3. The summed E-state index contributed by atoms with van der Waals surface area (Å²) >= 11 is 0. The number of ketones is 1. The van der Waals surface area contributed by atoms with Crippen LogP contribution in [-0.4, -0.2) is 35.4 Å². The number of urea groups is 1. The molecule has 8 nitrogen and oxygen atoms in total. The molecule has 5 rings (SSSR count). The molecule has 44 heavy (non-hydrogen) atoms. The number of allylic oxidation sites excluding steroid dienone is 1. The van der Waals surface area contributed by atoms with Crippen LogP contribution < -0.4 is 10.2 Å². The summed E-state index contributed by atoms with van der Waals surface area (Å²) in [6, 6.07) is 19.1. The van der Waals surface area contributed by atoms with Crippen LogP contribution in [0.3, 0.4) is 0 Å². The third kappa shape index (κ3) is 6.29. The van der Waals surface area contributed by atoms with Gasteiger partial charge in [-0.25, -0.2) is 9.59 Å². The molecule has 0 spiro atoms. The number of carbonyl (C=O) groups excluding carboxylic acids is 3. The lowest BCUT2D eigenvalue weighted by molar-refractivity contribution is -0.137. The van der Waals surface area contributed by atoms with E-state index in [9.17, 15) is 32.8 Å². The molecule has 3 aromatic carbocycles. The van der Waals surface area contributed by atoms with Gasteiger partial charge in [0.15, 0.2) is 5.78 Å². The topological polar surface area (TPSA) is 103 Å². The van der Waals surface area contributed by atoms with Gasteiger partial charge in [-0.15, -0.1) is 0 Å². The van der Waals surface area contributed by atoms with E-state index in [1.165, 1.54) is 24.0 Å². The van der Waals surface area contributed by atoms with Crippen LogP contribution in [0.2, 0.25) is 0 Å². The summed E-state index contributed by atoms with van der Waals surface area (Å²) in [5.74, 6) is -0.454. The Labute approximate surface area is 252 Å². The van der Waals surface area contributed by atoms with Crippen molar-refractivity contribution in [3.8, 4) is 6.07 Å². The molecule has 11 heteroatoms. The highest BCUT2D eigenvalue weighted by atomic mass is 19.4. The number of hydrogen-bond donors (Lipinski definition) is 1. The Kier molecular flexibility index (Phi) is 8.71. The third-order valence-corrected chi connectivity index (χ3v) is 7.80. The van der Waals surface area contributed by atoms with Crippen molar-refractivity contribution in [2.24, 2.45) is 0 Å². The van der Waals surface area contributed by atoms with Gasteiger partial charge in [-0.05, 0) is 67.6 Å². The van der Waals surface area contributed by atoms with E-state index >= 15 is 0 Å². The summed E-state index contributed by atoms with van der Waals surface area (Å²) in [4.78, 5) is 43.6. The highest BCUT2D eigenvalue weighted by molar-refractivity contribution is 6.08. The summed E-state index contributed by atoms with van der Waals surface area (Å²) in [7, 11) is 0. The van der Waals surface area contributed by atoms with E-state index in [4.69, 9.17) is 4.74 Å². The maximum atomic E-state index is 14.5. The maximum absolute atomic E-state index is 14.5. The average Bonchev–Trinajstić information content (AvgIpc) is 3.03. The van der Waals surface area contributed by atoms with Gasteiger partial charge in [-0.2, -0.15) is 18.4 Å². The molecule has 2 aliphatic rings. The standard InChI is InChI=1S/C33H29F3N4O4/c1-21-28(30(41)27-12-5-6-17-39(27)32(43)44-20-23-8-3-2-4-9-23)29(24-15-13-22(19-37)14-16-24)38-31(42)40(21)26-11-7-10-25(18-26)33(34,35)36/h2-4,7-11,13-16,18,27,29H,5-6,12,17,20H2,1H3,(H,38,42). The van der Waals surface area contributed by atoms with E-state index in [-0.39, 0.29) is 30.1 Å². The Balaban J connectivity index is 1.54. The molecule has 0 saturated carbocycles. The predicted molar refractivity (Wildman–Crippen MR) is 155 cm³/mol. The molecule has 0 aromatic heterocycles. The molecule has 3 aromatic rings. The molecule has 0 radical (unpaired) electrons. The first-order valence-corrected chi connectivity index (χ1v) is 14.1. The first-order valence-electron chi connectivity index (χ1n) is 14.1. The van der Waals surface area contributed by atoms with Crippen LogP contribution in [0.15, 0.2) is 90.1 Å². The average molecular weight is 603 g/mol. The van der Waals surface area contributed by atoms with Gasteiger partial charge in [-0.1, -0.05) is 48.5 Å². The molecule has 0 aliphatic carbocycles. The SMILES string of the molecule is CC1=C(C(=O)C2CCCCN2C(=O)OCc2ccccc2)C(c2ccc(C#N)cc2)NC(=O)N1c1cccc(C(F)(F)F)c1. The van der Waals surface area contributed by atoms with E-state index in [0.717, 1.165) is 22.6 Å². The molecule has 1 fully saturated rings. The molecule has 226 valence electrons. The Morgan fingerprint density at radius 3 is 2.43 bits per heavy atom. The molecule has 1 N–H and O–H groups in total. The smallest absolute Gasteiger partial charge is 0.416 e. The van der Waals surface area contributed by atoms with Gasteiger partial charge in [0.1, 0.15) is 6.61 Å². The Morgan fingerprint density at radius 1 is 1.02 bits per heavy atom. The minimum Gasteiger partial charge on any atom is -0.445 e. The van der Waals surface area contributed by atoms with Gasteiger partial charge < -0.3 is 10.1 Å². The Morgan fingerprint density at radius 2 is 1.75 bits per heavy atom. The fourth-order valence-electron chi connectivity index (χ4n) is 5.60. The predicted octanol–water partition coefficient (Wildman–Crippen LogP) is 6.88. The number of nitrogens with zero attached hydrogens (tertiary/aromatic N) is 3. The lowest BCUT2D eigenvalue weighted by Crippen LogP contribution is -2.53. The molecular formula is C33H29F3N4O4. The summed E-state index contributed by atoms with van der Waals surface area (Å²) in [6.45, 7) is 1.80. The highest BCUT2D eigenvalue weighted by Gasteiger charge is 2.42. The van der Waals surface area contributed by atoms with Gasteiger partial charge in [0, 0.05) is 17.8 Å². The van der Waals surface area contributed by atoms with E-state index in [1.54, 1.807) is 24.3 Å². The molecular weight excluding hydrogens is 573 g/mol. The fourth-order valence-corrected chi connectivity index (χ4v) is 5.60. The van der Waals surface area contributed by atoms with E-state index in [2.05, 4.69) is 5.32 Å². The fraction of sp³-hybridized carbons (Fsp3) is 0.273. The number of anilines is 1. The number of nitrogens with one attached hydrogen (secondary N) is 1. The van der Waals surface area contributed by atoms with Crippen LogP contribution in [-0.2, 0) is 22.3 Å². The zero-order valence-corrected chi connectivity index (χ0v) is 23.8. The quantitative estimate of drug-likeness (QED) is 0.331. The van der Waals surface area contributed by atoms with Crippen molar-refractivity contribution in [3.05, 3.63) is 112 Å². The van der Waals surface area contributed by atoms with Gasteiger partial charge in [0.05, 0.1) is 35.0 Å². The Hall–Kier alpha value is -5.11. The molecule has 2 atom stereocenters. The zero-order chi connectivity index (χ0) is 31.4. The summed E-state index contributed by atoms with van der Waals surface area (Å²) in [6.07, 6.45) is -3.64. The van der Waals surface area contributed by atoms with Crippen molar-refractivity contribution in [3.63, 3.8) is 0 Å². The zero-order valence-electron chi connectivity index (χ0n) is 23.8. The van der Waals surface area contributed by atoms with E-state index in [0.29, 0.717) is 30.4 Å². The van der Waals surface area contributed by atoms with Crippen molar-refractivity contribution >= 4 is 23.6 Å². The number of piperidine rings is 1. The number of alkyl halides is 3. The molecule has 2 heterocycles. The van der Waals surface area contributed by atoms with Gasteiger partial charge in [-0.3, -0.25) is 14.6 Å². The van der Waals surface area contributed by atoms with Crippen LogP contribution in [0, 0.1) is 11.3 Å². The van der Waals surface area contributed by atoms with E-state index < -0.39 is 41.7 Å². The van der Waals surface area contributed by atoms with Crippen molar-refractivity contribution in [2.45, 2.75) is 51.1 Å². The van der Waals surface area contributed by atoms with Crippen LogP contribution in [0.4, 0.5) is 28.4 Å². The third-order valence-electron chi connectivity index (χ3n) is 7.80. The number of rotatable bonds is 6. The maximum Gasteiger partial charge on any atom is 0.416 e. The number of nitriles is 1. The van der Waals surface area contributed by atoms with Crippen LogP contribution >= 0.6 is 0 Å². The molecule has 1 saturated heterocycles. The molecule has 2 unspecified atom stereocenters. The van der Waals surface area contributed by atoms with Crippen molar-refractivity contribution < 1.29 is 32.3 Å². The molecule has 3 amide bonds. The number of ether oxygens (including phenoxy) is 1. The highest BCUT2D eigenvalue weighted by Crippen LogP contribution is 2.38. The number of Topliss-reactive ketones (excluding diaryl/α,β-unsaturated/α-hetero) is 1. The normalized spacial score (nSPS) is 18.8. The molecule has 0 bridgehead atoms. The number of carbonyl (C=O) groups is 3. The number of halogens is 3. The lowest BCUT2D eigenvalue weighted by atomic mass is 9.85. The van der Waals surface area contributed by atoms with Crippen LogP contribution in [0.25, 0.3) is 0 Å². The summed E-state index contributed by atoms with van der Waals surface area (Å²) in [5, 5.41) is 12.0. The second kappa shape index (κ2) is 12.6. The van der Waals surface area contributed by atoms with Gasteiger partial charge >= 0.3 is 18.3 Å². The Bertz CT molecular complexity index is 1630. The van der Waals surface area contributed by atoms with Crippen molar-refractivity contribution in [1.82, 2.24) is 10.2 Å². The minimum atomic E-state index is -4.65. The lowest BCUT2D eigenvalue weighted by Gasteiger charge is -2.39. The first kappa shape index (κ1) is 30.4. The van der Waals surface area contributed by atoms with Crippen LogP contribution in [0.1, 0.15) is 54.5 Å². The first-order chi connectivity index (χ1) is 21.1. The van der Waals surface area contributed by atoms with Crippen molar-refractivity contribution in [1.29, 1.82) is 5.26 Å². The van der Waals surface area contributed by atoms with Gasteiger partial charge in [0.2, 0.25) is 0 Å². The summed E-state index contributed by atoms with van der Waals surface area (Å²) < 4.78 is 46.2. The number of benzene rings is 3. The summed E-state index contributed by atoms with van der Waals surface area (Å²) in [5.41, 5.74) is 0.896. The second-order valence-electron chi connectivity index (χ2n) is 10.6. The largest absolute Gasteiger partial charge is 0.445 e. The van der Waals surface area contributed by atoms with Gasteiger partial charge in [0.25, 0.3) is 0 Å². The van der Waals surface area contributed by atoms with E-state index in [1.807, 2.05) is 36.4 Å².